The summed E-state index contributed by atoms with van der Waals surface area (Å²) >= 11 is 0. The van der Waals surface area contributed by atoms with Crippen molar-refractivity contribution >= 4 is 27.0 Å². The molecule has 3 N–H and O–H groups in total. The first kappa shape index (κ1) is 19.4. The zero-order valence-electron chi connectivity index (χ0n) is 15.1. The molecule has 12 heteroatoms. The molecule has 4 aromatic rings. The van der Waals surface area contributed by atoms with Crippen molar-refractivity contribution in [2.24, 2.45) is 5.14 Å². The van der Waals surface area contributed by atoms with Crippen molar-refractivity contribution in [2.45, 2.75) is 4.90 Å². The maximum absolute atomic E-state index is 13.1. The molecule has 0 radical (unpaired) electrons. The maximum Gasteiger partial charge on any atom is 0.283 e. The molecule has 2 aromatic heterocycles. The van der Waals surface area contributed by atoms with Gasteiger partial charge in [-0.15, -0.1) is 0 Å². The summed E-state index contributed by atoms with van der Waals surface area (Å²) in [5.74, 6) is -1.07. The molecule has 10 nitrogen and oxygen atoms in total. The van der Waals surface area contributed by atoms with Crippen LogP contribution in [0, 0.1) is 5.82 Å². The average Bonchev–Trinajstić information content (AvgIpc) is 3.15. The Hall–Kier alpha value is -3.90. The van der Waals surface area contributed by atoms with Crippen molar-refractivity contribution in [3.05, 3.63) is 82.8 Å². The number of hydrogen-bond acceptors (Lipinski definition) is 6. The van der Waals surface area contributed by atoms with Gasteiger partial charge in [-0.25, -0.2) is 32.3 Å². The highest BCUT2D eigenvalue weighted by atomic mass is 32.2. The van der Waals surface area contributed by atoms with Crippen molar-refractivity contribution < 1.29 is 17.6 Å². The summed E-state index contributed by atoms with van der Waals surface area (Å²) in [6.45, 7) is 0. The second-order valence-electron chi connectivity index (χ2n) is 6.20. The SMILES string of the molecule is NS(=O)(=O)c1ccc(C(=O)Nn2cnc3c(cnn3-c3ccc(F)cc3)c2=O)cc1. The molecule has 1 amide bonds. The molecule has 0 unspecified atom stereocenters. The highest BCUT2D eigenvalue weighted by Crippen LogP contribution is 2.14. The molecular formula is C18H13FN6O4S. The number of nitrogens with two attached hydrogens (primary N) is 1. The lowest BCUT2D eigenvalue weighted by atomic mass is 10.2. The number of halogens is 1. The minimum atomic E-state index is -3.89. The van der Waals surface area contributed by atoms with E-state index in [4.69, 9.17) is 5.14 Å². The first-order valence-electron chi connectivity index (χ1n) is 8.39. The molecule has 0 saturated heterocycles. The number of nitrogens with one attached hydrogen (secondary N) is 1. The fraction of sp³-hybridized carbons (Fsp3) is 0. The second-order valence-corrected chi connectivity index (χ2v) is 7.76. The molecule has 2 heterocycles. The van der Waals surface area contributed by atoms with Crippen LogP contribution in [0.15, 0.2) is 70.7 Å². The normalized spacial score (nSPS) is 11.5. The number of fused-ring (bicyclic) bond motifs is 1. The van der Waals surface area contributed by atoms with Gasteiger partial charge in [0.05, 0.1) is 16.8 Å². The van der Waals surface area contributed by atoms with E-state index < -0.39 is 27.3 Å². The van der Waals surface area contributed by atoms with Gasteiger partial charge in [0.15, 0.2) is 5.65 Å². The molecule has 0 aliphatic rings. The predicted octanol–water partition coefficient (Wildman–Crippen LogP) is 0.753. The van der Waals surface area contributed by atoms with Gasteiger partial charge in [-0.3, -0.25) is 15.0 Å². The Kier molecular flexibility index (Phi) is 4.64. The fourth-order valence-corrected chi connectivity index (χ4v) is 3.25. The number of amides is 1. The zero-order chi connectivity index (χ0) is 21.5. The van der Waals surface area contributed by atoms with E-state index in [-0.39, 0.29) is 21.5 Å². The molecular weight excluding hydrogens is 415 g/mol. The Balaban J connectivity index is 1.64. The largest absolute Gasteiger partial charge is 0.283 e. The molecule has 0 fully saturated rings. The van der Waals surface area contributed by atoms with E-state index in [0.29, 0.717) is 5.69 Å². The molecule has 2 aromatic carbocycles. The number of carbonyl (C=O) groups is 1. The Morgan fingerprint density at radius 3 is 2.37 bits per heavy atom. The van der Waals surface area contributed by atoms with Gasteiger partial charge < -0.3 is 0 Å². The van der Waals surface area contributed by atoms with Crippen LogP contribution in [0.25, 0.3) is 16.7 Å². The Morgan fingerprint density at radius 2 is 1.73 bits per heavy atom. The third-order valence-electron chi connectivity index (χ3n) is 4.23. The van der Waals surface area contributed by atoms with Crippen LogP contribution in [0.1, 0.15) is 10.4 Å². The van der Waals surface area contributed by atoms with Gasteiger partial charge in [-0.05, 0) is 48.5 Å². The van der Waals surface area contributed by atoms with Gasteiger partial charge in [-0.1, -0.05) is 0 Å². The molecule has 0 aliphatic heterocycles. The Bertz CT molecular complexity index is 1430. The van der Waals surface area contributed by atoms with Crippen LogP contribution in [0.2, 0.25) is 0 Å². The monoisotopic (exact) mass is 428 g/mol. The quantitative estimate of drug-likeness (QED) is 0.491. The Labute approximate surface area is 168 Å². The minimum Gasteiger partial charge on any atom is -0.267 e. The smallest absolute Gasteiger partial charge is 0.267 e. The van der Waals surface area contributed by atoms with Crippen LogP contribution in [0.3, 0.4) is 0 Å². The van der Waals surface area contributed by atoms with E-state index in [1.807, 2.05) is 0 Å². The van der Waals surface area contributed by atoms with Gasteiger partial charge in [0.1, 0.15) is 17.5 Å². The van der Waals surface area contributed by atoms with E-state index in [1.165, 1.54) is 59.4 Å². The Morgan fingerprint density at radius 1 is 1.07 bits per heavy atom. The molecule has 0 spiro atoms. The molecule has 0 atom stereocenters. The summed E-state index contributed by atoms with van der Waals surface area (Å²) in [7, 11) is -3.89. The minimum absolute atomic E-state index is 0.108. The molecule has 0 bridgehead atoms. The van der Waals surface area contributed by atoms with Gasteiger partial charge in [-0.2, -0.15) is 5.10 Å². The fourth-order valence-electron chi connectivity index (χ4n) is 2.73. The number of primary sulfonamides is 1. The number of hydrogen-bond donors (Lipinski definition) is 2. The van der Waals surface area contributed by atoms with Gasteiger partial charge in [0.25, 0.3) is 11.5 Å². The number of aromatic nitrogens is 4. The van der Waals surface area contributed by atoms with Crippen LogP contribution in [0.5, 0.6) is 0 Å². The van der Waals surface area contributed by atoms with Gasteiger partial charge >= 0.3 is 0 Å². The van der Waals surface area contributed by atoms with E-state index in [1.54, 1.807) is 0 Å². The van der Waals surface area contributed by atoms with Crippen LogP contribution >= 0.6 is 0 Å². The zero-order valence-corrected chi connectivity index (χ0v) is 15.9. The van der Waals surface area contributed by atoms with Crippen molar-refractivity contribution in [1.29, 1.82) is 0 Å². The van der Waals surface area contributed by atoms with E-state index in [0.717, 1.165) is 11.0 Å². The predicted molar refractivity (Wildman–Crippen MR) is 105 cm³/mol. The second kappa shape index (κ2) is 7.17. The number of rotatable bonds is 4. The van der Waals surface area contributed by atoms with Crippen LogP contribution in [0.4, 0.5) is 4.39 Å². The van der Waals surface area contributed by atoms with E-state index >= 15 is 0 Å². The van der Waals surface area contributed by atoms with Crippen molar-refractivity contribution in [3.8, 4) is 5.69 Å². The molecule has 0 aliphatic carbocycles. The third-order valence-corrected chi connectivity index (χ3v) is 5.16. The molecule has 0 saturated carbocycles. The summed E-state index contributed by atoms with van der Waals surface area (Å²) in [4.78, 5) is 29.1. The summed E-state index contributed by atoms with van der Waals surface area (Å²) in [5, 5.41) is 9.26. The van der Waals surface area contributed by atoms with Crippen LogP contribution < -0.4 is 16.1 Å². The highest BCUT2D eigenvalue weighted by Gasteiger charge is 2.14. The van der Waals surface area contributed by atoms with E-state index in [2.05, 4.69) is 15.5 Å². The molecule has 30 heavy (non-hydrogen) atoms. The molecule has 4 rings (SSSR count). The molecule has 152 valence electrons. The lowest BCUT2D eigenvalue weighted by Crippen LogP contribution is -2.33. The first-order chi connectivity index (χ1) is 14.2. The number of carbonyl (C=O) groups excluding carboxylic acids is 1. The van der Waals surface area contributed by atoms with Gasteiger partial charge in [0, 0.05) is 5.56 Å². The summed E-state index contributed by atoms with van der Waals surface area (Å²) in [5.41, 5.74) is 2.64. The first-order valence-corrected chi connectivity index (χ1v) is 9.94. The van der Waals surface area contributed by atoms with Crippen LogP contribution in [-0.2, 0) is 10.0 Å². The third kappa shape index (κ3) is 3.56. The highest BCUT2D eigenvalue weighted by molar-refractivity contribution is 7.89. The number of sulfonamides is 1. The van der Waals surface area contributed by atoms with Crippen LogP contribution in [-0.4, -0.2) is 33.8 Å². The summed E-state index contributed by atoms with van der Waals surface area (Å²) < 4.78 is 38.0. The number of nitrogens with zero attached hydrogens (tertiary/aromatic N) is 4. The topological polar surface area (TPSA) is 142 Å². The maximum atomic E-state index is 13.1. The van der Waals surface area contributed by atoms with Crippen molar-refractivity contribution in [2.75, 3.05) is 5.43 Å². The lowest BCUT2D eigenvalue weighted by Gasteiger charge is -2.08. The number of benzene rings is 2. The van der Waals surface area contributed by atoms with E-state index in [9.17, 15) is 22.4 Å². The standard InChI is InChI=1S/C18H13FN6O4S/c19-12-3-5-13(6-4-12)25-16-15(9-22-25)18(27)24(10-21-16)23-17(26)11-1-7-14(8-2-11)30(20,28)29/h1-10H,(H,23,26)(H2,20,28,29). The van der Waals surface area contributed by atoms with Crippen molar-refractivity contribution in [3.63, 3.8) is 0 Å². The average molecular weight is 428 g/mol. The van der Waals surface area contributed by atoms with Crippen molar-refractivity contribution in [1.82, 2.24) is 19.4 Å². The lowest BCUT2D eigenvalue weighted by molar-refractivity contribution is 0.101. The summed E-state index contributed by atoms with van der Waals surface area (Å²) in [6.07, 6.45) is 2.40. The summed E-state index contributed by atoms with van der Waals surface area (Å²) in [6, 6.07) is 10.4. The van der Waals surface area contributed by atoms with Gasteiger partial charge in [0.2, 0.25) is 10.0 Å².